The van der Waals surface area contributed by atoms with Crippen molar-refractivity contribution >= 4 is 29.1 Å². The van der Waals surface area contributed by atoms with E-state index in [1.807, 2.05) is 24.0 Å². The minimum atomic E-state index is -0.742. The van der Waals surface area contributed by atoms with Crippen molar-refractivity contribution in [3.05, 3.63) is 21.9 Å². The third-order valence-corrected chi connectivity index (χ3v) is 6.53. The van der Waals surface area contributed by atoms with Crippen LogP contribution in [0.5, 0.6) is 0 Å². The van der Waals surface area contributed by atoms with Crippen molar-refractivity contribution in [1.82, 2.24) is 10.2 Å². The molecule has 1 aliphatic heterocycles. The SMILES string of the molecule is Cc1ccc(C(=O)NC2CCN(C(=O)C3CCC(C(=O)O)CC3)CC2)s1. The number of nitrogens with zero attached hydrogens (tertiary/aromatic N) is 1. The van der Waals surface area contributed by atoms with E-state index in [0.717, 1.165) is 22.6 Å². The third-order valence-electron chi connectivity index (χ3n) is 5.53. The highest BCUT2D eigenvalue weighted by atomic mass is 32.1. The summed E-state index contributed by atoms with van der Waals surface area (Å²) in [6.07, 6.45) is 4.07. The van der Waals surface area contributed by atoms with Crippen LogP contribution in [-0.4, -0.2) is 46.9 Å². The van der Waals surface area contributed by atoms with Crippen LogP contribution >= 0.6 is 11.3 Å². The number of carboxylic acids is 1. The van der Waals surface area contributed by atoms with Gasteiger partial charge in [-0.1, -0.05) is 0 Å². The Morgan fingerprint density at radius 3 is 2.19 bits per heavy atom. The van der Waals surface area contributed by atoms with Crippen molar-refractivity contribution in [2.45, 2.75) is 51.5 Å². The van der Waals surface area contributed by atoms with Gasteiger partial charge in [-0.15, -0.1) is 11.3 Å². The molecule has 2 fully saturated rings. The smallest absolute Gasteiger partial charge is 0.306 e. The summed E-state index contributed by atoms with van der Waals surface area (Å²) in [7, 11) is 0. The lowest BCUT2D eigenvalue weighted by molar-refractivity contribution is -0.146. The molecule has 2 heterocycles. The van der Waals surface area contributed by atoms with Gasteiger partial charge in [0.1, 0.15) is 0 Å². The number of rotatable bonds is 4. The van der Waals surface area contributed by atoms with Crippen LogP contribution in [0.3, 0.4) is 0 Å². The first-order valence-corrected chi connectivity index (χ1v) is 10.1. The quantitative estimate of drug-likeness (QED) is 0.843. The van der Waals surface area contributed by atoms with Gasteiger partial charge in [-0.05, 0) is 57.6 Å². The first kappa shape index (κ1) is 18.9. The van der Waals surface area contributed by atoms with Gasteiger partial charge in [0.05, 0.1) is 10.8 Å². The summed E-state index contributed by atoms with van der Waals surface area (Å²) in [5, 5.41) is 12.1. The summed E-state index contributed by atoms with van der Waals surface area (Å²) in [6, 6.07) is 3.90. The topological polar surface area (TPSA) is 86.7 Å². The number of nitrogens with one attached hydrogen (secondary N) is 1. The van der Waals surface area contributed by atoms with E-state index >= 15 is 0 Å². The number of aliphatic carboxylic acids is 1. The highest BCUT2D eigenvalue weighted by Crippen LogP contribution is 2.31. The van der Waals surface area contributed by atoms with Crippen LogP contribution < -0.4 is 5.32 Å². The Balaban J connectivity index is 1.44. The predicted molar refractivity (Wildman–Crippen MR) is 99.2 cm³/mol. The second-order valence-corrected chi connectivity index (χ2v) is 8.66. The van der Waals surface area contributed by atoms with Crippen molar-refractivity contribution in [2.75, 3.05) is 13.1 Å². The van der Waals surface area contributed by atoms with Crippen LogP contribution in [0, 0.1) is 18.8 Å². The van der Waals surface area contributed by atoms with Crippen LogP contribution in [0.4, 0.5) is 0 Å². The number of hydrogen-bond donors (Lipinski definition) is 2. The predicted octanol–water partition coefficient (Wildman–Crippen LogP) is 2.67. The van der Waals surface area contributed by atoms with E-state index in [2.05, 4.69) is 5.32 Å². The summed E-state index contributed by atoms with van der Waals surface area (Å²) < 4.78 is 0. The molecule has 142 valence electrons. The molecular weight excluding hydrogens is 352 g/mol. The second-order valence-electron chi connectivity index (χ2n) is 7.37. The van der Waals surface area contributed by atoms with Crippen molar-refractivity contribution < 1.29 is 19.5 Å². The molecule has 0 radical (unpaired) electrons. The van der Waals surface area contributed by atoms with Gasteiger partial charge in [0.15, 0.2) is 0 Å². The fourth-order valence-corrected chi connectivity index (χ4v) is 4.67. The molecule has 3 rings (SSSR count). The number of amides is 2. The molecule has 6 nitrogen and oxygen atoms in total. The lowest BCUT2D eigenvalue weighted by Crippen LogP contribution is -2.48. The van der Waals surface area contributed by atoms with Crippen molar-refractivity contribution in [3.63, 3.8) is 0 Å². The summed E-state index contributed by atoms with van der Waals surface area (Å²) in [6.45, 7) is 3.30. The summed E-state index contributed by atoms with van der Waals surface area (Å²) in [5.41, 5.74) is 0. The van der Waals surface area contributed by atoms with Crippen molar-refractivity contribution in [3.8, 4) is 0 Å². The van der Waals surface area contributed by atoms with E-state index in [1.54, 1.807) is 0 Å². The number of carbonyl (C=O) groups excluding carboxylic acids is 2. The Kier molecular flexibility index (Phi) is 5.96. The van der Waals surface area contributed by atoms with Crippen LogP contribution in [-0.2, 0) is 9.59 Å². The van der Waals surface area contributed by atoms with Gasteiger partial charge < -0.3 is 15.3 Å². The Morgan fingerprint density at radius 1 is 1.04 bits per heavy atom. The first-order valence-electron chi connectivity index (χ1n) is 9.33. The van der Waals surface area contributed by atoms with E-state index in [-0.39, 0.29) is 29.7 Å². The molecule has 1 aliphatic carbocycles. The molecule has 1 saturated carbocycles. The van der Waals surface area contributed by atoms with E-state index in [1.165, 1.54) is 11.3 Å². The van der Waals surface area contributed by atoms with E-state index in [0.29, 0.717) is 38.8 Å². The Hall–Kier alpha value is -1.89. The lowest BCUT2D eigenvalue weighted by Gasteiger charge is -2.36. The second kappa shape index (κ2) is 8.20. The van der Waals surface area contributed by atoms with Gasteiger partial charge in [0.25, 0.3) is 5.91 Å². The van der Waals surface area contributed by atoms with Crippen molar-refractivity contribution in [1.29, 1.82) is 0 Å². The molecule has 2 N–H and O–H groups in total. The Labute approximate surface area is 157 Å². The number of likely N-dealkylation sites (tertiary alicyclic amines) is 1. The van der Waals surface area contributed by atoms with Gasteiger partial charge in [-0.3, -0.25) is 14.4 Å². The normalized spacial score (nSPS) is 24.3. The van der Waals surface area contributed by atoms with Gasteiger partial charge in [0.2, 0.25) is 5.91 Å². The molecule has 1 saturated heterocycles. The maximum atomic E-state index is 12.7. The molecular formula is C19H26N2O4S. The maximum absolute atomic E-state index is 12.7. The average molecular weight is 378 g/mol. The monoisotopic (exact) mass is 378 g/mol. The van der Waals surface area contributed by atoms with Crippen LogP contribution in [0.2, 0.25) is 0 Å². The van der Waals surface area contributed by atoms with Gasteiger partial charge in [-0.25, -0.2) is 0 Å². The van der Waals surface area contributed by atoms with Gasteiger partial charge >= 0.3 is 5.97 Å². The minimum absolute atomic E-state index is 0.0279. The molecule has 2 aliphatic rings. The van der Waals surface area contributed by atoms with Gasteiger partial charge in [-0.2, -0.15) is 0 Å². The van der Waals surface area contributed by atoms with E-state index in [9.17, 15) is 14.4 Å². The first-order chi connectivity index (χ1) is 12.4. The highest BCUT2D eigenvalue weighted by Gasteiger charge is 2.33. The minimum Gasteiger partial charge on any atom is -0.481 e. The largest absolute Gasteiger partial charge is 0.481 e. The summed E-state index contributed by atoms with van der Waals surface area (Å²) in [4.78, 5) is 39.7. The number of carbonyl (C=O) groups is 3. The Morgan fingerprint density at radius 2 is 1.65 bits per heavy atom. The maximum Gasteiger partial charge on any atom is 0.306 e. The fraction of sp³-hybridized carbons (Fsp3) is 0.632. The van der Waals surface area contributed by atoms with Gasteiger partial charge in [0, 0.05) is 29.9 Å². The number of hydrogen-bond acceptors (Lipinski definition) is 4. The molecule has 26 heavy (non-hydrogen) atoms. The molecule has 0 unspecified atom stereocenters. The van der Waals surface area contributed by atoms with E-state index < -0.39 is 5.97 Å². The van der Waals surface area contributed by atoms with Crippen LogP contribution in [0.25, 0.3) is 0 Å². The average Bonchev–Trinajstić information content (AvgIpc) is 3.08. The zero-order valence-electron chi connectivity index (χ0n) is 15.1. The van der Waals surface area contributed by atoms with Crippen LogP contribution in [0.1, 0.15) is 53.1 Å². The molecule has 1 aromatic rings. The Bertz CT molecular complexity index is 671. The molecule has 1 aromatic heterocycles. The zero-order valence-corrected chi connectivity index (χ0v) is 15.9. The number of aryl methyl sites for hydroxylation is 1. The highest BCUT2D eigenvalue weighted by molar-refractivity contribution is 7.13. The number of thiophene rings is 1. The van der Waals surface area contributed by atoms with Crippen molar-refractivity contribution in [2.24, 2.45) is 11.8 Å². The molecule has 0 bridgehead atoms. The number of carboxylic acid groups (broad SMARTS) is 1. The molecule has 0 spiro atoms. The zero-order chi connectivity index (χ0) is 18.7. The summed E-state index contributed by atoms with van der Waals surface area (Å²) in [5.74, 6) is -0.938. The third kappa shape index (κ3) is 4.44. The molecule has 7 heteroatoms. The summed E-state index contributed by atoms with van der Waals surface area (Å²) >= 11 is 1.49. The molecule has 0 aromatic carbocycles. The molecule has 2 amide bonds. The van der Waals surface area contributed by atoms with E-state index in [4.69, 9.17) is 5.11 Å². The standard InChI is InChI=1S/C19H26N2O4S/c1-12-2-7-16(26-12)17(22)20-15-8-10-21(11-9-15)18(23)13-3-5-14(6-4-13)19(24)25/h2,7,13-15H,3-6,8-11H2,1H3,(H,20,22)(H,24,25). The van der Waals surface area contributed by atoms with Crippen LogP contribution in [0.15, 0.2) is 12.1 Å². The number of piperidine rings is 1. The molecule has 0 atom stereocenters. The lowest BCUT2D eigenvalue weighted by atomic mass is 9.81. The fourth-order valence-electron chi connectivity index (χ4n) is 3.90.